The number of carbonyl (C=O) groups excluding carboxylic acids is 2. The number of benzene rings is 1. The zero-order chi connectivity index (χ0) is 23.4. The summed E-state index contributed by atoms with van der Waals surface area (Å²) in [6.45, 7) is 0.0951. The minimum atomic E-state index is -4.33. The van der Waals surface area contributed by atoms with Crippen LogP contribution in [0.5, 0.6) is 0 Å². The summed E-state index contributed by atoms with van der Waals surface area (Å²) in [7, 11) is 0. The topological polar surface area (TPSA) is 78.7 Å². The normalized spacial score (nSPS) is 25.0. The quantitative estimate of drug-likeness (QED) is 0.501. The van der Waals surface area contributed by atoms with E-state index in [1.807, 2.05) is 0 Å². The van der Waals surface area contributed by atoms with E-state index in [1.54, 1.807) is 0 Å². The number of urea groups is 1. The molecule has 2 aliphatic heterocycles. The number of amides is 3. The molecule has 1 saturated carbocycles. The van der Waals surface area contributed by atoms with Gasteiger partial charge in [-0.1, -0.05) is 17.7 Å². The molecule has 2 atom stereocenters. The second-order valence-corrected chi connectivity index (χ2v) is 9.00. The maximum absolute atomic E-state index is 15.0. The smallest absolute Gasteiger partial charge is 0.368 e. The van der Waals surface area contributed by atoms with E-state index in [4.69, 9.17) is 17.3 Å². The fourth-order valence-electron chi connectivity index (χ4n) is 4.94. The molecule has 3 N–H and O–H groups in total. The molecule has 0 aromatic heterocycles. The lowest BCUT2D eigenvalue weighted by molar-refractivity contribution is -0.200. The van der Waals surface area contributed by atoms with Gasteiger partial charge in [-0.2, -0.15) is 13.2 Å². The van der Waals surface area contributed by atoms with Crippen LogP contribution in [0.1, 0.15) is 37.3 Å². The summed E-state index contributed by atoms with van der Waals surface area (Å²) in [6.07, 6.45) is -3.74. The van der Waals surface area contributed by atoms with Gasteiger partial charge >= 0.3 is 12.2 Å². The fraction of sp³-hybridized carbons (Fsp3) is 0.600. The van der Waals surface area contributed by atoms with Crippen molar-refractivity contribution in [1.29, 1.82) is 0 Å². The van der Waals surface area contributed by atoms with Crippen LogP contribution >= 0.6 is 11.6 Å². The van der Waals surface area contributed by atoms with Gasteiger partial charge < -0.3 is 16.0 Å². The Morgan fingerprint density at radius 2 is 1.84 bits per heavy atom. The molecule has 176 valence electrons. The molecule has 32 heavy (non-hydrogen) atoms. The van der Waals surface area contributed by atoms with E-state index in [0.29, 0.717) is 0 Å². The van der Waals surface area contributed by atoms with Crippen molar-refractivity contribution in [1.82, 2.24) is 15.1 Å². The van der Waals surface area contributed by atoms with Crippen LogP contribution in [0.3, 0.4) is 0 Å². The lowest BCUT2D eigenvalue weighted by Gasteiger charge is -2.43. The largest absolute Gasteiger partial charge is 0.406 e. The molecule has 0 bridgehead atoms. The number of likely N-dealkylation sites (tertiary alicyclic amines) is 1. The van der Waals surface area contributed by atoms with Crippen LogP contribution in [-0.4, -0.2) is 59.1 Å². The van der Waals surface area contributed by atoms with Crippen molar-refractivity contribution in [2.75, 3.05) is 19.6 Å². The van der Waals surface area contributed by atoms with Crippen molar-refractivity contribution in [2.24, 2.45) is 11.7 Å². The Kier molecular flexibility index (Phi) is 5.77. The molecule has 4 rings (SSSR count). The highest BCUT2D eigenvalue weighted by molar-refractivity contribution is 6.31. The number of primary amides is 1. The van der Waals surface area contributed by atoms with Crippen LogP contribution in [0.15, 0.2) is 12.1 Å². The number of rotatable bonds is 5. The number of alkyl halides is 3. The molecule has 1 aromatic carbocycles. The van der Waals surface area contributed by atoms with Gasteiger partial charge in [0.1, 0.15) is 28.2 Å². The van der Waals surface area contributed by atoms with E-state index in [0.717, 1.165) is 6.07 Å². The molecular weight excluding hydrogens is 459 g/mol. The second-order valence-electron chi connectivity index (χ2n) is 8.62. The predicted molar refractivity (Wildman–Crippen MR) is 105 cm³/mol. The van der Waals surface area contributed by atoms with Crippen LogP contribution in [0.4, 0.5) is 26.7 Å². The number of hydrogen-bond donors (Lipinski definition) is 2. The lowest BCUT2D eigenvalue weighted by atomic mass is 9.83. The Morgan fingerprint density at radius 3 is 2.34 bits per heavy atom. The van der Waals surface area contributed by atoms with Gasteiger partial charge in [0.2, 0.25) is 5.91 Å². The number of piperidine rings is 1. The number of nitrogens with two attached hydrogens (primary N) is 1. The van der Waals surface area contributed by atoms with Gasteiger partial charge in [0.15, 0.2) is 0 Å². The predicted octanol–water partition coefficient (Wildman–Crippen LogP) is 3.35. The number of hydrogen-bond acceptors (Lipinski definition) is 3. The standard InChI is InChI=1S/C20H22ClF5N4O2/c21-14-12(22)2-1-11(15(14)23)16(30-9-13(17(27)31)28-18(30)32)10-3-7-29(8-4-10)19(5-6-19)20(24,25)26/h1-2,10,13,16H,3-9H2,(H2,27,31)(H,28,32)/t13?,16-/m0/s1. The van der Waals surface area contributed by atoms with Crippen molar-refractivity contribution in [3.05, 3.63) is 34.4 Å². The van der Waals surface area contributed by atoms with E-state index in [9.17, 15) is 31.5 Å². The third-order valence-electron chi connectivity index (χ3n) is 6.84. The molecule has 1 aliphatic carbocycles. The van der Waals surface area contributed by atoms with Gasteiger partial charge in [-0.15, -0.1) is 0 Å². The summed E-state index contributed by atoms with van der Waals surface area (Å²) in [5.41, 5.74) is 3.43. The van der Waals surface area contributed by atoms with E-state index < -0.39 is 58.3 Å². The molecule has 1 unspecified atom stereocenters. The Labute approximate surface area is 185 Å². The van der Waals surface area contributed by atoms with Crippen LogP contribution in [0.2, 0.25) is 5.02 Å². The number of halogens is 6. The fourth-order valence-corrected chi connectivity index (χ4v) is 5.12. The summed E-state index contributed by atoms with van der Waals surface area (Å²) >= 11 is 5.75. The SMILES string of the molecule is NC(=O)C1CN([C@H](c2ccc(F)c(Cl)c2F)C2CCN(C3(C(F)(F)F)CC3)CC2)C(=O)N1. The molecule has 2 saturated heterocycles. The first kappa shape index (κ1) is 23.0. The van der Waals surface area contributed by atoms with Gasteiger partial charge in [0, 0.05) is 5.56 Å². The summed E-state index contributed by atoms with van der Waals surface area (Å²) in [4.78, 5) is 26.8. The number of nitrogens with zero attached hydrogens (tertiary/aromatic N) is 2. The van der Waals surface area contributed by atoms with Crippen molar-refractivity contribution >= 4 is 23.5 Å². The van der Waals surface area contributed by atoms with Gasteiger partial charge in [0.05, 0.1) is 12.6 Å². The third-order valence-corrected chi connectivity index (χ3v) is 7.19. The Balaban J connectivity index is 1.62. The summed E-state index contributed by atoms with van der Waals surface area (Å²) in [6, 6.07) is -0.443. The Morgan fingerprint density at radius 1 is 1.22 bits per heavy atom. The molecule has 1 aromatic rings. The van der Waals surface area contributed by atoms with E-state index in [-0.39, 0.29) is 50.9 Å². The van der Waals surface area contributed by atoms with Crippen LogP contribution in [0, 0.1) is 17.6 Å². The molecule has 0 spiro atoms. The minimum Gasteiger partial charge on any atom is -0.368 e. The maximum Gasteiger partial charge on any atom is 0.406 e. The molecule has 6 nitrogen and oxygen atoms in total. The zero-order valence-corrected chi connectivity index (χ0v) is 17.6. The Hall–Kier alpha value is -2.14. The minimum absolute atomic E-state index is 0.0433. The van der Waals surface area contributed by atoms with Gasteiger partial charge in [-0.25, -0.2) is 13.6 Å². The number of carbonyl (C=O) groups is 2. The molecule has 2 heterocycles. The lowest BCUT2D eigenvalue weighted by Crippen LogP contribution is -2.52. The Bertz CT molecular complexity index is 931. The highest BCUT2D eigenvalue weighted by Gasteiger charge is 2.66. The molecule has 0 radical (unpaired) electrons. The van der Waals surface area contributed by atoms with Crippen LogP contribution in [-0.2, 0) is 4.79 Å². The van der Waals surface area contributed by atoms with Gasteiger partial charge in [0.25, 0.3) is 0 Å². The molecular formula is C20H22ClF5N4O2. The molecule has 3 aliphatic rings. The first-order valence-electron chi connectivity index (χ1n) is 10.3. The van der Waals surface area contributed by atoms with Gasteiger partial charge in [-0.3, -0.25) is 9.69 Å². The molecule has 12 heteroatoms. The average molecular weight is 481 g/mol. The monoisotopic (exact) mass is 480 g/mol. The maximum atomic E-state index is 15.0. The highest BCUT2D eigenvalue weighted by Crippen LogP contribution is 2.55. The van der Waals surface area contributed by atoms with Crippen LogP contribution in [0.25, 0.3) is 0 Å². The number of nitrogens with one attached hydrogen (secondary N) is 1. The van der Waals surface area contributed by atoms with Crippen molar-refractivity contribution in [2.45, 2.75) is 49.5 Å². The molecule has 3 amide bonds. The third kappa shape index (κ3) is 3.79. The van der Waals surface area contributed by atoms with Crippen LogP contribution < -0.4 is 11.1 Å². The second kappa shape index (κ2) is 8.02. The molecule has 3 fully saturated rings. The highest BCUT2D eigenvalue weighted by atomic mass is 35.5. The van der Waals surface area contributed by atoms with Gasteiger partial charge in [-0.05, 0) is 50.8 Å². The summed E-state index contributed by atoms with van der Waals surface area (Å²) in [5.74, 6) is -3.21. The summed E-state index contributed by atoms with van der Waals surface area (Å²) < 4.78 is 69.2. The zero-order valence-electron chi connectivity index (χ0n) is 16.9. The summed E-state index contributed by atoms with van der Waals surface area (Å²) in [5, 5.41) is 1.69. The van der Waals surface area contributed by atoms with Crippen molar-refractivity contribution < 1.29 is 31.5 Å². The van der Waals surface area contributed by atoms with E-state index in [1.165, 1.54) is 15.9 Å². The van der Waals surface area contributed by atoms with Crippen molar-refractivity contribution in [3.63, 3.8) is 0 Å². The van der Waals surface area contributed by atoms with Crippen molar-refractivity contribution in [3.8, 4) is 0 Å². The first-order valence-corrected chi connectivity index (χ1v) is 10.7. The first-order chi connectivity index (χ1) is 15.0. The average Bonchev–Trinajstić information content (AvgIpc) is 3.47. The van der Waals surface area contributed by atoms with E-state index >= 15 is 0 Å². The van der Waals surface area contributed by atoms with E-state index in [2.05, 4.69) is 5.32 Å².